The van der Waals surface area contributed by atoms with Gasteiger partial charge in [-0.05, 0) is 107 Å². The van der Waals surface area contributed by atoms with E-state index in [-0.39, 0.29) is 5.82 Å². The quantitative estimate of drug-likeness (QED) is 0.176. The number of anilines is 3. The molecule has 0 aliphatic rings. The molecule has 0 amide bonds. The standard InChI is InChI=1S/C48H31FN2O/c49-36-21-14-32(15-22-36)33-16-23-38(24-17-33)50(40-27-28-43-42-11-5-7-13-47(42)52-48(43)31-40)39-25-18-34(19-26-39)35-20-29-46-44(30-35)41-10-4-6-12-45(41)51(46)37-8-2-1-3-9-37/h1-31H. The molecular weight excluding hydrogens is 640 g/mol. The van der Waals surface area contributed by atoms with Crippen LogP contribution in [0.1, 0.15) is 0 Å². The second kappa shape index (κ2) is 12.1. The van der Waals surface area contributed by atoms with Gasteiger partial charge >= 0.3 is 0 Å². The van der Waals surface area contributed by atoms with Crippen LogP contribution in [0.3, 0.4) is 0 Å². The van der Waals surface area contributed by atoms with Gasteiger partial charge in [0.05, 0.1) is 11.0 Å². The van der Waals surface area contributed by atoms with Gasteiger partial charge in [-0.15, -0.1) is 0 Å². The molecule has 0 N–H and O–H groups in total. The van der Waals surface area contributed by atoms with Crippen LogP contribution in [0.4, 0.5) is 21.5 Å². The largest absolute Gasteiger partial charge is 0.456 e. The molecule has 0 unspecified atom stereocenters. The number of fused-ring (bicyclic) bond motifs is 6. The van der Waals surface area contributed by atoms with Crippen LogP contribution in [0.5, 0.6) is 0 Å². The van der Waals surface area contributed by atoms with Crippen LogP contribution in [0.2, 0.25) is 0 Å². The minimum absolute atomic E-state index is 0.241. The Morgan fingerprint density at radius 2 is 0.923 bits per heavy atom. The van der Waals surface area contributed by atoms with Crippen molar-refractivity contribution >= 4 is 60.8 Å². The second-order valence-corrected chi connectivity index (χ2v) is 13.1. The number of para-hydroxylation sites is 3. The molecule has 2 aromatic heterocycles. The molecular formula is C48H31FN2O. The molecule has 10 aromatic rings. The van der Waals surface area contributed by atoms with E-state index < -0.39 is 0 Å². The Hall–Kier alpha value is -6.91. The monoisotopic (exact) mass is 670 g/mol. The molecule has 0 aliphatic carbocycles. The van der Waals surface area contributed by atoms with Crippen molar-refractivity contribution in [2.45, 2.75) is 0 Å². The average molecular weight is 671 g/mol. The maximum atomic E-state index is 13.6. The van der Waals surface area contributed by atoms with Crippen molar-refractivity contribution < 1.29 is 8.81 Å². The molecule has 0 atom stereocenters. The number of furan rings is 1. The molecule has 0 fully saturated rings. The van der Waals surface area contributed by atoms with Crippen molar-refractivity contribution in [3.8, 4) is 27.9 Å². The summed E-state index contributed by atoms with van der Waals surface area (Å²) in [6, 6.07) is 64.3. The van der Waals surface area contributed by atoms with Gasteiger partial charge in [0, 0.05) is 50.4 Å². The molecule has 0 spiro atoms. The van der Waals surface area contributed by atoms with Gasteiger partial charge in [-0.2, -0.15) is 0 Å². The van der Waals surface area contributed by atoms with Crippen molar-refractivity contribution in [1.29, 1.82) is 0 Å². The molecule has 10 rings (SSSR count). The van der Waals surface area contributed by atoms with Crippen molar-refractivity contribution in [3.05, 3.63) is 194 Å². The van der Waals surface area contributed by atoms with Crippen LogP contribution in [0.25, 0.3) is 71.7 Å². The lowest BCUT2D eigenvalue weighted by molar-refractivity contribution is 0.628. The van der Waals surface area contributed by atoms with Gasteiger partial charge in [0.2, 0.25) is 0 Å². The summed E-state index contributed by atoms with van der Waals surface area (Å²) in [6.07, 6.45) is 0. The fraction of sp³-hybridized carbons (Fsp3) is 0. The highest BCUT2D eigenvalue weighted by Crippen LogP contribution is 2.40. The summed E-state index contributed by atoms with van der Waals surface area (Å²) in [7, 11) is 0. The maximum absolute atomic E-state index is 13.6. The zero-order valence-electron chi connectivity index (χ0n) is 28.1. The highest BCUT2D eigenvalue weighted by Gasteiger charge is 2.17. The van der Waals surface area contributed by atoms with E-state index in [1.807, 2.05) is 30.3 Å². The first-order chi connectivity index (χ1) is 25.7. The molecule has 0 bridgehead atoms. The average Bonchev–Trinajstić information content (AvgIpc) is 3.74. The lowest BCUT2D eigenvalue weighted by atomic mass is 10.0. The summed E-state index contributed by atoms with van der Waals surface area (Å²) < 4.78 is 22.3. The molecule has 3 nitrogen and oxygen atoms in total. The van der Waals surface area contributed by atoms with Gasteiger partial charge in [0.15, 0.2) is 0 Å². The highest BCUT2D eigenvalue weighted by molar-refractivity contribution is 6.10. The number of halogens is 1. The van der Waals surface area contributed by atoms with Crippen LogP contribution in [0, 0.1) is 5.82 Å². The Balaban J connectivity index is 1.06. The zero-order valence-corrected chi connectivity index (χ0v) is 28.1. The Labute approximate surface area is 300 Å². The zero-order chi connectivity index (χ0) is 34.6. The lowest BCUT2D eigenvalue weighted by Crippen LogP contribution is -2.09. The van der Waals surface area contributed by atoms with E-state index in [0.717, 1.165) is 66.9 Å². The second-order valence-electron chi connectivity index (χ2n) is 13.1. The Kier molecular flexibility index (Phi) is 7.00. The van der Waals surface area contributed by atoms with Crippen LogP contribution in [-0.4, -0.2) is 4.57 Å². The Morgan fingerprint density at radius 1 is 0.385 bits per heavy atom. The predicted molar refractivity (Wildman–Crippen MR) is 214 cm³/mol. The molecule has 0 radical (unpaired) electrons. The lowest BCUT2D eigenvalue weighted by Gasteiger charge is -2.26. The minimum Gasteiger partial charge on any atom is -0.456 e. The fourth-order valence-corrected chi connectivity index (χ4v) is 7.56. The first kappa shape index (κ1) is 30.0. The number of benzene rings is 8. The number of hydrogen-bond acceptors (Lipinski definition) is 2. The van der Waals surface area contributed by atoms with E-state index in [9.17, 15) is 4.39 Å². The summed E-state index contributed by atoms with van der Waals surface area (Å²) >= 11 is 0. The molecule has 52 heavy (non-hydrogen) atoms. The number of rotatable bonds is 6. The third-order valence-corrected chi connectivity index (χ3v) is 10.1. The summed E-state index contributed by atoms with van der Waals surface area (Å²) in [4.78, 5) is 2.25. The normalized spacial score (nSPS) is 11.6. The maximum Gasteiger partial charge on any atom is 0.137 e. The van der Waals surface area contributed by atoms with Crippen molar-refractivity contribution in [3.63, 3.8) is 0 Å². The van der Waals surface area contributed by atoms with E-state index in [1.54, 1.807) is 0 Å². The van der Waals surface area contributed by atoms with Gasteiger partial charge in [-0.1, -0.05) is 97.1 Å². The Morgan fingerprint density at radius 3 is 1.65 bits per heavy atom. The van der Waals surface area contributed by atoms with Crippen molar-refractivity contribution in [1.82, 2.24) is 4.57 Å². The highest BCUT2D eigenvalue weighted by atomic mass is 19.1. The molecule has 8 aromatic carbocycles. The molecule has 2 heterocycles. The summed E-state index contributed by atoms with van der Waals surface area (Å²) in [5, 5.41) is 4.65. The number of aromatic nitrogens is 1. The third-order valence-electron chi connectivity index (χ3n) is 10.1. The predicted octanol–water partition coefficient (Wildman–Crippen LogP) is 13.6. The van der Waals surface area contributed by atoms with Crippen LogP contribution in [-0.2, 0) is 0 Å². The number of nitrogens with zero attached hydrogens (tertiary/aromatic N) is 2. The van der Waals surface area contributed by atoms with E-state index in [0.29, 0.717) is 0 Å². The van der Waals surface area contributed by atoms with E-state index in [4.69, 9.17) is 4.42 Å². The SMILES string of the molecule is Fc1ccc(-c2ccc(N(c3ccc(-c4ccc5c(c4)c4ccccc4n5-c4ccccc4)cc3)c3ccc4c(c3)oc3ccccc34)cc2)cc1. The molecule has 0 saturated heterocycles. The van der Waals surface area contributed by atoms with Gasteiger partial charge < -0.3 is 13.9 Å². The fourth-order valence-electron chi connectivity index (χ4n) is 7.56. The smallest absolute Gasteiger partial charge is 0.137 e. The summed E-state index contributed by atoms with van der Waals surface area (Å²) in [5.74, 6) is -0.241. The third kappa shape index (κ3) is 5.04. The molecule has 0 saturated carbocycles. The summed E-state index contributed by atoms with van der Waals surface area (Å²) in [5.41, 5.74) is 12.6. The Bertz CT molecular complexity index is 2890. The summed E-state index contributed by atoms with van der Waals surface area (Å²) in [6.45, 7) is 0. The van der Waals surface area contributed by atoms with E-state index in [1.165, 1.54) is 33.9 Å². The first-order valence-electron chi connectivity index (χ1n) is 17.4. The van der Waals surface area contributed by atoms with Gasteiger partial charge in [-0.25, -0.2) is 4.39 Å². The van der Waals surface area contributed by atoms with Gasteiger partial charge in [0.25, 0.3) is 0 Å². The topological polar surface area (TPSA) is 21.3 Å². The minimum atomic E-state index is -0.241. The molecule has 246 valence electrons. The van der Waals surface area contributed by atoms with Crippen LogP contribution < -0.4 is 4.90 Å². The first-order valence-corrected chi connectivity index (χ1v) is 17.4. The van der Waals surface area contributed by atoms with Crippen LogP contribution in [0.15, 0.2) is 192 Å². The van der Waals surface area contributed by atoms with E-state index in [2.05, 4.69) is 155 Å². The van der Waals surface area contributed by atoms with Gasteiger partial charge in [0.1, 0.15) is 17.0 Å². The van der Waals surface area contributed by atoms with Crippen LogP contribution >= 0.6 is 0 Å². The van der Waals surface area contributed by atoms with Gasteiger partial charge in [-0.3, -0.25) is 0 Å². The molecule has 4 heteroatoms. The molecule has 0 aliphatic heterocycles. The van der Waals surface area contributed by atoms with Crippen molar-refractivity contribution in [2.24, 2.45) is 0 Å². The van der Waals surface area contributed by atoms with E-state index >= 15 is 0 Å². The van der Waals surface area contributed by atoms with Crippen molar-refractivity contribution in [2.75, 3.05) is 4.90 Å². The number of hydrogen-bond donors (Lipinski definition) is 0.